The van der Waals surface area contributed by atoms with E-state index in [2.05, 4.69) is 10.6 Å². The molecule has 0 aliphatic rings. The van der Waals surface area contributed by atoms with Crippen molar-refractivity contribution < 1.29 is 4.79 Å². The van der Waals surface area contributed by atoms with Crippen molar-refractivity contribution >= 4 is 5.91 Å². The lowest BCUT2D eigenvalue weighted by Gasteiger charge is -2.16. The summed E-state index contributed by atoms with van der Waals surface area (Å²) in [5, 5.41) is 5.89. The Balaban J connectivity index is 3.53. The van der Waals surface area contributed by atoms with Gasteiger partial charge in [0.25, 0.3) is 0 Å². The average Bonchev–Trinajstić information content (AvgIpc) is 1.98. The van der Waals surface area contributed by atoms with Crippen LogP contribution in [0.3, 0.4) is 0 Å². The summed E-state index contributed by atoms with van der Waals surface area (Å²) in [6.45, 7) is 6.20. The van der Waals surface area contributed by atoms with E-state index >= 15 is 0 Å². The van der Waals surface area contributed by atoms with Crippen molar-refractivity contribution in [2.75, 3.05) is 33.7 Å². The fourth-order valence-electron chi connectivity index (χ4n) is 0.994. The van der Waals surface area contributed by atoms with Gasteiger partial charge in [0.1, 0.15) is 0 Å². The number of hydrogen-bond donors (Lipinski definition) is 2. The Morgan fingerprint density at radius 1 is 1.46 bits per heavy atom. The number of rotatable bonds is 6. The van der Waals surface area contributed by atoms with E-state index in [1.54, 1.807) is 0 Å². The van der Waals surface area contributed by atoms with Crippen LogP contribution in [0, 0.1) is 0 Å². The van der Waals surface area contributed by atoms with Crippen LogP contribution in [0.5, 0.6) is 0 Å². The Morgan fingerprint density at radius 3 is 2.54 bits per heavy atom. The lowest BCUT2D eigenvalue weighted by atomic mass is 10.4. The highest BCUT2D eigenvalue weighted by molar-refractivity contribution is 5.78. The van der Waals surface area contributed by atoms with Crippen molar-refractivity contribution in [3.63, 3.8) is 0 Å². The number of carbonyl (C=O) groups is 1. The molecule has 1 amide bonds. The van der Waals surface area contributed by atoms with Crippen LogP contribution >= 0.6 is 0 Å². The van der Waals surface area contributed by atoms with E-state index in [4.69, 9.17) is 0 Å². The van der Waals surface area contributed by atoms with Gasteiger partial charge in [-0.05, 0) is 27.9 Å². The average molecular weight is 187 g/mol. The summed E-state index contributed by atoms with van der Waals surface area (Å²) in [7, 11) is 3.85. The molecule has 0 aliphatic heterocycles. The molecule has 0 radical (unpaired) electrons. The monoisotopic (exact) mass is 187 g/mol. The molecular weight excluding hydrogens is 166 g/mol. The highest BCUT2D eigenvalue weighted by atomic mass is 16.2. The first-order valence-corrected chi connectivity index (χ1v) is 4.68. The fourth-order valence-corrected chi connectivity index (χ4v) is 0.994. The maximum atomic E-state index is 11.3. The second-order valence-electron chi connectivity index (χ2n) is 3.56. The zero-order chi connectivity index (χ0) is 10.3. The molecule has 0 saturated heterocycles. The third kappa shape index (κ3) is 7.74. The first-order chi connectivity index (χ1) is 6.06. The van der Waals surface area contributed by atoms with Gasteiger partial charge in [-0.15, -0.1) is 0 Å². The van der Waals surface area contributed by atoms with Crippen LogP contribution in [0.15, 0.2) is 0 Å². The molecule has 13 heavy (non-hydrogen) atoms. The highest BCUT2D eigenvalue weighted by Crippen LogP contribution is 1.83. The van der Waals surface area contributed by atoms with Gasteiger partial charge in [0.05, 0.1) is 6.54 Å². The minimum atomic E-state index is 0.0913. The lowest BCUT2D eigenvalue weighted by Crippen LogP contribution is -2.40. The third-order valence-electron chi connectivity index (χ3n) is 1.61. The predicted molar refractivity (Wildman–Crippen MR) is 54.7 cm³/mol. The van der Waals surface area contributed by atoms with Crippen molar-refractivity contribution in [3.05, 3.63) is 0 Å². The fraction of sp³-hybridized carbons (Fsp3) is 0.889. The number of nitrogens with one attached hydrogen (secondary N) is 2. The maximum absolute atomic E-state index is 11.3. The molecule has 0 aromatic heterocycles. The Kier molecular flexibility index (Phi) is 6.54. The van der Waals surface area contributed by atoms with E-state index in [1.165, 1.54) is 0 Å². The van der Waals surface area contributed by atoms with Crippen molar-refractivity contribution in [2.24, 2.45) is 0 Å². The molecule has 0 heterocycles. The second kappa shape index (κ2) is 6.86. The van der Waals surface area contributed by atoms with Crippen molar-refractivity contribution in [3.8, 4) is 0 Å². The molecule has 4 nitrogen and oxygen atoms in total. The van der Waals surface area contributed by atoms with Crippen molar-refractivity contribution in [1.82, 2.24) is 15.5 Å². The molecular formula is C9H21N3O. The van der Waals surface area contributed by atoms with Gasteiger partial charge in [0.2, 0.25) is 5.91 Å². The Labute approximate surface area is 80.7 Å². The first kappa shape index (κ1) is 12.4. The van der Waals surface area contributed by atoms with Gasteiger partial charge in [0, 0.05) is 19.1 Å². The van der Waals surface area contributed by atoms with E-state index in [0.717, 1.165) is 13.1 Å². The van der Waals surface area contributed by atoms with Crippen LogP contribution in [-0.2, 0) is 4.79 Å². The summed E-state index contributed by atoms with van der Waals surface area (Å²) >= 11 is 0. The quantitative estimate of drug-likeness (QED) is 0.598. The molecule has 0 saturated carbocycles. The molecule has 0 atom stereocenters. The Bertz CT molecular complexity index is 148. The SMILES string of the molecule is CNCCN(C)CC(=O)NC(C)C. The van der Waals surface area contributed by atoms with Crippen LogP contribution in [0.25, 0.3) is 0 Å². The molecule has 78 valence electrons. The molecule has 0 aromatic carbocycles. The first-order valence-electron chi connectivity index (χ1n) is 4.68. The van der Waals surface area contributed by atoms with E-state index < -0.39 is 0 Å². The number of hydrogen-bond acceptors (Lipinski definition) is 3. The van der Waals surface area contributed by atoms with Crippen LogP contribution < -0.4 is 10.6 Å². The number of carbonyl (C=O) groups excluding carboxylic acids is 1. The van der Waals surface area contributed by atoms with Crippen LogP contribution in [-0.4, -0.2) is 50.6 Å². The molecule has 4 heteroatoms. The van der Waals surface area contributed by atoms with Crippen LogP contribution in [0.2, 0.25) is 0 Å². The van der Waals surface area contributed by atoms with Crippen molar-refractivity contribution in [1.29, 1.82) is 0 Å². The van der Waals surface area contributed by atoms with Gasteiger partial charge < -0.3 is 10.6 Å². The zero-order valence-corrected chi connectivity index (χ0v) is 9.05. The molecule has 0 fully saturated rings. The van der Waals surface area contributed by atoms with Gasteiger partial charge >= 0.3 is 0 Å². The molecule has 0 unspecified atom stereocenters. The normalized spacial score (nSPS) is 10.9. The smallest absolute Gasteiger partial charge is 0.234 e. The molecule has 0 aliphatic carbocycles. The van der Waals surface area contributed by atoms with Crippen LogP contribution in [0.4, 0.5) is 0 Å². The number of likely N-dealkylation sites (N-methyl/N-ethyl adjacent to an activating group) is 2. The summed E-state index contributed by atoms with van der Waals surface area (Å²) in [5.74, 6) is 0.0913. The molecule has 0 aromatic rings. The number of amides is 1. The van der Waals surface area contributed by atoms with Crippen LogP contribution in [0.1, 0.15) is 13.8 Å². The lowest BCUT2D eigenvalue weighted by molar-refractivity contribution is -0.122. The van der Waals surface area contributed by atoms with E-state index in [9.17, 15) is 4.79 Å². The van der Waals surface area contributed by atoms with Gasteiger partial charge in [-0.2, -0.15) is 0 Å². The van der Waals surface area contributed by atoms with E-state index in [1.807, 2.05) is 32.8 Å². The summed E-state index contributed by atoms with van der Waals surface area (Å²) in [4.78, 5) is 13.2. The van der Waals surface area contributed by atoms with Crippen molar-refractivity contribution in [2.45, 2.75) is 19.9 Å². The largest absolute Gasteiger partial charge is 0.353 e. The third-order valence-corrected chi connectivity index (χ3v) is 1.61. The summed E-state index contributed by atoms with van der Waals surface area (Å²) in [6.07, 6.45) is 0. The summed E-state index contributed by atoms with van der Waals surface area (Å²) < 4.78 is 0. The predicted octanol–water partition coefficient (Wildman–Crippen LogP) is -0.338. The molecule has 2 N–H and O–H groups in total. The van der Waals surface area contributed by atoms with Gasteiger partial charge in [-0.25, -0.2) is 0 Å². The van der Waals surface area contributed by atoms with Gasteiger partial charge in [-0.1, -0.05) is 0 Å². The highest BCUT2D eigenvalue weighted by Gasteiger charge is 2.06. The van der Waals surface area contributed by atoms with E-state index in [-0.39, 0.29) is 11.9 Å². The van der Waals surface area contributed by atoms with Gasteiger partial charge in [0.15, 0.2) is 0 Å². The molecule has 0 rings (SSSR count). The maximum Gasteiger partial charge on any atom is 0.234 e. The number of nitrogens with zero attached hydrogens (tertiary/aromatic N) is 1. The Morgan fingerprint density at radius 2 is 2.08 bits per heavy atom. The standard InChI is InChI=1S/C9H21N3O/c1-8(2)11-9(13)7-12(4)6-5-10-3/h8,10H,5-7H2,1-4H3,(H,11,13). The summed E-state index contributed by atoms with van der Waals surface area (Å²) in [5.41, 5.74) is 0. The van der Waals surface area contributed by atoms with E-state index in [0.29, 0.717) is 6.54 Å². The zero-order valence-electron chi connectivity index (χ0n) is 9.05. The molecule has 0 bridgehead atoms. The minimum Gasteiger partial charge on any atom is -0.353 e. The Hall–Kier alpha value is -0.610. The van der Waals surface area contributed by atoms with Gasteiger partial charge in [-0.3, -0.25) is 9.69 Å². The molecule has 0 spiro atoms. The topological polar surface area (TPSA) is 44.4 Å². The minimum absolute atomic E-state index is 0.0913. The summed E-state index contributed by atoms with van der Waals surface area (Å²) in [6, 6.07) is 0.227. The second-order valence-corrected chi connectivity index (χ2v) is 3.56.